The molecule has 110 valence electrons. The number of aromatic carboxylic acids is 1. The molecule has 0 aliphatic rings. The Kier molecular flexibility index (Phi) is 3.17. The summed E-state index contributed by atoms with van der Waals surface area (Å²) in [5, 5.41) is 9.12. The van der Waals surface area contributed by atoms with Crippen molar-refractivity contribution in [3.8, 4) is 5.69 Å². The van der Waals surface area contributed by atoms with Crippen molar-refractivity contribution in [2.45, 2.75) is 6.92 Å². The van der Waals surface area contributed by atoms with Crippen LogP contribution in [0, 0.1) is 12.7 Å². The van der Waals surface area contributed by atoms with Gasteiger partial charge in [-0.2, -0.15) is 0 Å². The van der Waals surface area contributed by atoms with Crippen molar-refractivity contribution >= 4 is 17.1 Å². The summed E-state index contributed by atoms with van der Waals surface area (Å²) in [7, 11) is 0. The number of aromatic nitrogens is 3. The third-order valence-electron chi connectivity index (χ3n) is 3.23. The quantitative estimate of drug-likeness (QED) is 0.781. The van der Waals surface area contributed by atoms with Crippen molar-refractivity contribution in [1.29, 1.82) is 0 Å². The number of hydrogen-bond donors (Lipinski definition) is 1. The maximum absolute atomic E-state index is 13.8. The van der Waals surface area contributed by atoms with Gasteiger partial charge in [0.15, 0.2) is 5.65 Å². The molecular weight excluding hydrogens is 289 g/mol. The van der Waals surface area contributed by atoms with Crippen LogP contribution < -0.4 is 5.56 Å². The molecule has 0 spiro atoms. The molecule has 0 atom stereocenters. The number of nitrogens with zero attached hydrogens (tertiary/aromatic N) is 3. The summed E-state index contributed by atoms with van der Waals surface area (Å²) in [6.45, 7) is 1.59. The average molecular weight is 299 g/mol. The molecule has 3 rings (SSSR count). The molecule has 1 aromatic carbocycles. The summed E-state index contributed by atoms with van der Waals surface area (Å²) in [4.78, 5) is 31.4. The Morgan fingerprint density at radius 2 is 2.09 bits per heavy atom. The van der Waals surface area contributed by atoms with Gasteiger partial charge in [-0.05, 0) is 36.8 Å². The van der Waals surface area contributed by atoms with Crippen LogP contribution in [0.3, 0.4) is 0 Å². The van der Waals surface area contributed by atoms with Crippen LogP contribution in [0.4, 0.5) is 4.39 Å². The van der Waals surface area contributed by atoms with Gasteiger partial charge in [0.25, 0.3) is 5.56 Å². The van der Waals surface area contributed by atoms with E-state index in [1.54, 1.807) is 13.0 Å². The van der Waals surface area contributed by atoms with E-state index in [4.69, 9.17) is 5.11 Å². The summed E-state index contributed by atoms with van der Waals surface area (Å²) in [5.41, 5.74) is -0.479. The molecule has 0 amide bonds. The van der Waals surface area contributed by atoms with E-state index in [0.29, 0.717) is 5.56 Å². The predicted octanol–water partition coefficient (Wildman–Crippen LogP) is 1.93. The maximum Gasteiger partial charge on any atom is 0.360 e. The van der Waals surface area contributed by atoms with Crippen molar-refractivity contribution in [1.82, 2.24) is 14.5 Å². The molecule has 0 saturated carbocycles. The van der Waals surface area contributed by atoms with Crippen molar-refractivity contribution in [2.75, 3.05) is 0 Å². The number of rotatable bonds is 2. The Morgan fingerprint density at radius 1 is 1.32 bits per heavy atom. The van der Waals surface area contributed by atoms with Gasteiger partial charge in [0.05, 0.1) is 5.69 Å². The molecule has 6 nitrogen and oxygen atoms in total. The molecule has 0 aliphatic carbocycles. The highest BCUT2D eigenvalue weighted by Crippen LogP contribution is 2.16. The maximum atomic E-state index is 13.8. The minimum absolute atomic E-state index is 0.167. The van der Waals surface area contributed by atoms with Crippen LogP contribution in [0.5, 0.6) is 0 Å². The Balaban J connectivity index is 2.45. The standard InChI is InChI=1S/C15H10FN3O3/c1-8-4-5-9(7-10(8)16)19-13-11(3-2-6-17-13)18-12(14(19)20)15(21)22/h2-7H,1H3,(H,21,22). The molecule has 2 heterocycles. The van der Waals surface area contributed by atoms with Crippen molar-refractivity contribution in [2.24, 2.45) is 0 Å². The first kappa shape index (κ1) is 13.9. The minimum Gasteiger partial charge on any atom is -0.476 e. The Hall–Kier alpha value is -3.09. The molecule has 0 aliphatic heterocycles. The lowest BCUT2D eigenvalue weighted by Crippen LogP contribution is -2.28. The Labute approximate surface area is 123 Å². The number of carboxylic acids is 1. The zero-order chi connectivity index (χ0) is 15.9. The molecule has 0 unspecified atom stereocenters. The second kappa shape index (κ2) is 5.03. The first-order valence-corrected chi connectivity index (χ1v) is 6.36. The highest BCUT2D eigenvalue weighted by molar-refractivity contribution is 5.87. The molecule has 7 heteroatoms. The van der Waals surface area contributed by atoms with Crippen molar-refractivity contribution in [3.05, 3.63) is 64.0 Å². The van der Waals surface area contributed by atoms with Gasteiger partial charge in [0.2, 0.25) is 5.69 Å². The number of carboxylic acid groups (broad SMARTS) is 1. The van der Waals surface area contributed by atoms with Gasteiger partial charge in [0, 0.05) is 6.20 Å². The fraction of sp³-hybridized carbons (Fsp3) is 0.0667. The van der Waals surface area contributed by atoms with Crippen LogP contribution in [0.15, 0.2) is 41.3 Å². The van der Waals surface area contributed by atoms with E-state index in [-0.39, 0.29) is 16.9 Å². The van der Waals surface area contributed by atoms with Gasteiger partial charge >= 0.3 is 5.97 Å². The summed E-state index contributed by atoms with van der Waals surface area (Å²) in [6, 6.07) is 7.31. The average Bonchev–Trinajstić information content (AvgIpc) is 2.49. The third kappa shape index (κ3) is 2.12. The van der Waals surface area contributed by atoms with E-state index in [0.717, 1.165) is 10.6 Å². The lowest BCUT2D eigenvalue weighted by Gasteiger charge is -2.10. The van der Waals surface area contributed by atoms with Gasteiger partial charge < -0.3 is 5.11 Å². The molecule has 0 bridgehead atoms. The van der Waals surface area contributed by atoms with Gasteiger partial charge in [0.1, 0.15) is 11.3 Å². The third-order valence-corrected chi connectivity index (χ3v) is 3.23. The number of pyridine rings is 1. The van der Waals surface area contributed by atoms with E-state index in [1.807, 2.05) is 0 Å². The van der Waals surface area contributed by atoms with Crippen molar-refractivity contribution < 1.29 is 14.3 Å². The number of carbonyl (C=O) groups is 1. The topological polar surface area (TPSA) is 85.1 Å². The van der Waals surface area contributed by atoms with Crippen LogP contribution in [0.2, 0.25) is 0 Å². The zero-order valence-electron chi connectivity index (χ0n) is 11.4. The molecule has 0 radical (unpaired) electrons. The van der Waals surface area contributed by atoms with Gasteiger partial charge in [-0.25, -0.2) is 19.2 Å². The van der Waals surface area contributed by atoms with Crippen molar-refractivity contribution in [3.63, 3.8) is 0 Å². The molecule has 2 aromatic heterocycles. The number of hydrogen-bond acceptors (Lipinski definition) is 4. The Morgan fingerprint density at radius 3 is 2.77 bits per heavy atom. The van der Waals surface area contributed by atoms with E-state index in [9.17, 15) is 14.0 Å². The number of benzene rings is 1. The van der Waals surface area contributed by atoms with Crippen LogP contribution in [-0.2, 0) is 0 Å². The molecular formula is C15H10FN3O3. The Bertz CT molecular complexity index is 966. The van der Waals surface area contributed by atoms with Crippen LogP contribution in [0.25, 0.3) is 16.9 Å². The zero-order valence-corrected chi connectivity index (χ0v) is 11.4. The first-order chi connectivity index (χ1) is 10.5. The fourth-order valence-corrected chi connectivity index (χ4v) is 2.12. The highest BCUT2D eigenvalue weighted by atomic mass is 19.1. The monoisotopic (exact) mass is 299 g/mol. The predicted molar refractivity (Wildman–Crippen MR) is 76.8 cm³/mol. The normalized spacial score (nSPS) is 10.8. The second-order valence-electron chi connectivity index (χ2n) is 4.69. The molecule has 3 aromatic rings. The van der Waals surface area contributed by atoms with Gasteiger partial charge in [-0.1, -0.05) is 6.07 Å². The van der Waals surface area contributed by atoms with Gasteiger partial charge in [-0.3, -0.25) is 9.36 Å². The van der Waals surface area contributed by atoms with E-state index < -0.39 is 23.0 Å². The minimum atomic E-state index is -1.45. The first-order valence-electron chi connectivity index (χ1n) is 6.36. The number of aryl methyl sites for hydroxylation is 1. The summed E-state index contributed by atoms with van der Waals surface area (Å²) < 4.78 is 14.8. The van der Waals surface area contributed by atoms with Crippen LogP contribution >= 0.6 is 0 Å². The molecule has 0 fully saturated rings. The van der Waals surface area contributed by atoms with E-state index in [2.05, 4.69) is 9.97 Å². The van der Waals surface area contributed by atoms with Gasteiger partial charge in [-0.15, -0.1) is 0 Å². The largest absolute Gasteiger partial charge is 0.476 e. The summed E-state index contributed by atoms with van der Waals surface area (Å²) in [6.07, 6.45) is 1.45. The fourth-order valence-electron chi connectivity index (χ4n) is 2.12. The second-order valence-corrected chi connectivity index (χ2v) is 4.69. The van der Waals surface area contributed by atoms with E-state index in [1.165, 1.54) is 24.4 Å². The summed E-state index contributed by atoms with van der Waals surface area (Å²) >= 11 is 0. The van der Waals surface area contributed by atoms with E-state index >= 15 is 0 Å². The lowest BCUT2D eigenvalue weighted by atomic mass is 10.2. The van der Waals surface area contributed by atoms with Crippen LogP contribution in [-0.4, -0.2) is 25.6 Å². The van der Waals surface area contributed by atoms with Crippen LogP contribution in [0.1, 0.15) is 16.1 Å². The molecule has 0 saturated heterocycles. The number of fused-ring (bicyclic) bond motifs is 1. The SMILES string of the molecule is Cc1ccc(-n2c(=O)c(C(=O)O)nc3cccnc32)cc1F. The summed E-state index contributed by atoms with van der Waals surface area (Å²) in [5.74, 6) is -1.95. The smallest absolute Gasteiger partial charge is 0.360 e. The number of halogens is 1. The molecule has 22 heavy (non-hydrogen) atoms. The molecule has 1 N–H and O–H groups in total. The highest BCUT2D eigenvalue weighted by Gasteiger charge is 2.18. The lowest BCUT2D eigenvalue weighted by molar-refractivity contribution is 0.0688.